The Morgan fingerprint density at radius 1 is 1.42 bits per heavy atom. The summed E-state index contributed by atoms with van der Waals surface area (Å²) < 4.78 is 16.5. The van der Waals surface area contributed by atoms with Gasteiger partial charge < -0.3 is 4.52 Å². The molecule has 2 fully saturated rings. The highest BCUT2D eigenvalue weighted by Crippen LogP contribution is 2.52. The van der Waals surface area contributed by atoms with Crippen molar-refractivity contribution in [2.24, 2.45) is 11.8 Å². The van der Waals surface area contributed by atoms with Crippen LogP contribution < -0.4 is 0 Å². The third kappa shape index (κ3) is 1.87. The van der Waals surface area contributed by atoms with Crippen molar-refractivity contribution in [2.45, 2.75) is 31.8 Å². The quantitative estimate of drug-likeness (QED) is 0.453. The molecular weight excluding hydrogens is 211 g/mol. The summed E-state index contributed by atoms with van der Waals surface area (Å²) in [4.78, 5) is 0. The SMILES string of the molecule is O=[PH](OC1CC2CCC1C2)SS. The van der Waals surface area contributed by atoms with E-state index in [1.165, 1.54) is 19.3 Å². The number of thiol groups is 1. The van der Waals surface area contributed by atoms with Gasteiger partial charge in [-0.25, -0.2) is 0 Å². The van der Waals surface area contributed by atoms with Gasteiger partial charge in [0.1, 0.15) is 0 Å². The molecule has 2 nitrogen and oxygen atoms in total. The van der Waals surface area contributed by atoms with Crippen molar-refractivity contribution in [3.05, 3.63) is 0 Å². The molecule has 0 N–H and O–H groups in total. The van der Waals surface area contributed by atoms with Gasteiger partial charge >= 0.3 is 0 Å². The summed E-state index contributed by atoms with van der Waals surface area (Å²) in [6.45, 7) is 0. The Morgan fingerprint density at radius 3 is 2.75 bits per heavy atom. The summed E-state index contributed by atoms with van der Waals surface area (Å²) in [7, 11) is -0.845. The normalized spacial score (nSPS) is 41.9. The van der Waals surface area contributed by atoms with Crippen molar-refractivity contribution in [1.29, 1.82) is 0 Å². The van der Waals surface area contributed by atoms with E-state index in [2.05, 4.69) is 11.7 Å². The summed E-state index contributed by atoms with van der Waals surface area (Å²) in [5.74, 6) is 1.56. The van der Waals surface area contributed by atoms with Crippen molar-refractivity contribution < 1.29 is 9.09 Å². The monoisotopic (exact) mass is 224 g/mol. The molecule has 5 heteroatoms. The zero-order chi connectivity index (χ0) is 8.55. The first kappa shape index (κ1) is 9.45. The lowest BCUT2D eigenvalue weighted by atomic mass is 9.98. The molecule has 0 amide bonds. The standard InChI is InChI=1S/C7H13O2PS2/c8-10(12-11)9-7-4-5-1-2-6(7)3-5/h5-7,10-11H,1-4H2. The fraction of sp³-hybridized carbons (Fsp3) is 1.00. The van der Waals surface area contributed by atoms with Crippen molar-refractivity contribution in [1.82, 2.24) is 0 Å². The van der Waals surface area contributed by atoms with Crippen LogP contribution in [-0.4, -0.2) is 6.10 Å². The van der Waals surface area contributed by atoms with Gasteiger partial charge in [-0.05, 0) is 47.9 Å². The third-order valence-corrected chi connectivity index (χ3v) is 5.72. The van der Waals surface area contributed by atoms with Crippen molar-refractivity contribution in [3.8, 4) is 0 Å². The van der Waals surface area contributed by atoms with Crippen LogP contribution in [-0.2, 0) is 9.09 Å². The van der Waals surface area contributed by atoms with E-state index in [-0.39, 0.29) is 6.10 Å². The van der Waals surface area contributed by atoms with Gasteiger partial charge in [0.2, 0.25) is 0 Å². The average Bonchev–Trinajstić information content (AvgIpc) is 2.64. The molecular formula is C7H13O2PS2. The summed E-state index contributed by atoms with van der Waals surface area (Å²) in [6, 6.07) is 0. The summed E-state index contributed by atoms with van der Waals surface area (Å²) >= 11 is 3.88. The Bertz CT molecular complexity index is 200. The molecule has 70 valence electrons. The topological polar surface area (TPSA) is 26.3 Å². The van der Waals surface area contributed by atoms with Gasteiger partial charge in [0.15, 0.2) is 0 Å². The molecule has 2 bridgehead atoms. The van der Waals surface area contributed by atoms with Crippen molar-refractivity contribution >= 4 is 29.3 Å². The van der Waals surface area contributed by atoms with Gasteiger partial charge in [-0.15, -0.1) is 11.7 Å². The first-order chi connectivity index (χ1) is 5.79. The van der Waals surface area contributed by atoms with Crippen LogP contribution in [0.4, 0.5) is 0 Å². The third-order valence-electron chi connectivity index (χ3n) is 3.00. The molecule has 0 saturated heterocycles. The van der Waals surface area contributed by atoms with Crippen LogP contribution in [0.15, 0.2) is 0 Å². The maximum atomic E-state index is 11.1. The highest BCUT2D eigenvalue weighted by Gasteiger charge is 2.40. The van der Waals surface area contributed by atoms with Crippen LogP contribution in [0.2, 0.25) is 0 Å². The zero-order valence-corrected chi connectivity index (χ0v) is 9.44. The Morgan fingerprint density at radius 2 is 2.25 bits per heavy atom. The highest BCUT2D eigenvalue weighted by molar-refractivity contribution is 8.91. The predicted octanol–water partition coefficient (Wildman–Crippen LogP) is 3.16. The lowest BCUT2D eigenvalue weighted by molar-refractivity contribution is 0.153. The van der Waals surface area contributed by atoms with Crippen LogP contribution in [0.3, 0.4) is 0 Å². The second-order valence-electron chi connectivity index (χ2n) is 3.67. The van der Waals surface area contributed by atoms with E-state index in [1.54, 1.807) is 0 Å². The first-order valence-corrected chi connectivity index (χ1v) is 8.22. The molecule has 2 aliphatic carbocycles. The maximum absolute atomic E-state index is 11.1. The largest absolute Gasteiger partial charge is 0.319 e. The fourth-order valence-electron chi connectivity index (χ4n) is 2.48. The summed E-state index contributed by atoms with van der Waals surface area (Å²) in [5.41, 5.74) is 0. The highest BCUT2D eigenvalue weighted by atomic mass is 33.3. The van der Waals surface area contributed by atoms with Crippen molar-refractivity contribution in [2.75, 3.05) is 0 Å². The Balaban J connectivity index is 1.86. The van der Waals surface area contributed by atoms with E-state index in [4.69, 9.17) is 4.52 Å². The minimum Gasteiger partial charge on any atom is -0.319 e. The van der Waals surface area contributed by atoms with Gasteiger partial charge in [-0.3, -0.25) is 4.57 Å². The van der Waals surface area contributed by atoms with Gasteiger partial charge in [-0.2, -0.15) is 0 Å². The molecule has 4 atom stereocenters. The van der Waals surface area contributed by atoms with E-state index in [1.807, 2.05) is 0 Å². The number of rotatable bonds is 3. The second-order valence-corrected chi connectivity index (χ2v) is 7.78. The summed E-state index contributed by atoms with van der Waals surface area (Å²) in [5, 5.41) is 0. The lowest BCUT2D eigenvalue weighted by Crippen LogP contribution is -2.16. The van der Waals surface area contributed by atoms with Crippen LogP contribution >= 0.6 is 29.3 Å². The van der Waals surface area contributed by atoms with Gasteiger partial charge in [0.05, 0.1) is 6.10 Å². The van der Waals surface area contributed by atoms with E-state index in [0.29, 0.717) is 5.92 Å². The molecule has 0 aliphatic heterocycles. The molecule has 0 aromatic rings. The van der Waals surface area contributed by atoms with Gasteiger partial charge in [0.25, 0.3) is 7.23 Å². The lowest BCUT2D eigenvalue weighted by Gasteiger charge is -2.20. The van der Waals surface area contributed by atoms with Crippen LogP contribution in [0, 0.1) is 11.8 Å². The summed E-state index contributed by atoms with van der Waals surface area (Å²) in [6.07, 6.45) is 5.36. The van der Waals surface area contributed by atoms with Gasteiger partial charge in [-0.1, -0.05) is 0 Å². The Kier molecular flexibility index (Phi) is 3.11. The minimum atomic E-state index is -1.90. The van der Waals surface area contributed by atoms with E-state index >= 15 is 0 Å². The Labute approximate surface area is 82.2 Å². The van der Waals surface area contributed by atoms with E-state index in [0.717, 1.165) is 22.8 Å². The Hall–Kier alpha value is 0.890. The maximum Gasteiger partial charge on any atom is 0.256 e. The molecule has 0 radical (unpaired) electrons. The van der Waals surface area contributed by atoms with E-state index < -0.39 is 7.23 Å². The van der Waals surface area contributed by atoms with Crippen LogP contribution in [0.5, 0.6) is 0 Å². The number of hydrogen-bond donors (Lipinski definition) is 1. The molecule has 0 heterocycles. The van der Waals surface area contributed by atoms with E-state index in [9.17, 15) is 4.57 Å². The molecule has 0 aromatic carbocycles. The first-order valence-electron chi connectivity index (χ1n) is 4.31. The number of fused-ring (bicyclic) bond motifs is 2. The molecule has 2 aliphatic rings. The fourth-order valence-corrected chi connectivity index (χ4v) is 3.94. The number of hydrogen-bond acceptors (Lipinski definition) is 4. The molecule has 2 saturated carbocycles. The molecule has 0 aromatic heterocycles. The zero-order valence-electron chi connectivity index (χ0n) is 6.73. The second kappa shape index (κ2) is 3.95. The minimum absolute atomic E-state index is 0.287. The molecule has 0 spiro atoms. The molecule has 4 unspecified atom stereocenters. The van der Waals surface area contributed by atoms with Crippen LogP contribution in [0.25, 0.3) is 0 Å². The predicted molar refractivity (Wildman–Crippen MR) is 55.9 cm³/mol. The van der Waals surface area contributed by atoms with Gasteiger partial charge in [0, 0.05) is 0 Å². The molecule has 2 rings (SSSR count). The smallest absolute Gasteiger partial charge is 0.256 e. The average molecular weight is 224 g/mol. The van der Waals surface area contributed by atoms with Crippen LogP contribution in [0.1, 0.15) is 25.7 Å². The molecule has 12 heavy (non-hydrogen) atoms. The van der Waals surface area contributed by atoms with Crippen molar-refractivity contribution in [3.63, 3.8) is 0 Å².